The van der Waals surface area contributed by atoms with Crippen LogP contribution in [0.4, 0.5) is 17.3 Å². The molecule has 0 spiro atoms. The van der Waals surface area contributed by atoms with Crippen LogP contribution in [0.15, 0.2) is 12.1 Å². The molecule has 1 saturated heterocycles. The average Bonchev–Trinajstić information content (AvgIpc) is 2.53. The van der Waals surface area contributed by atoms with Gasteiger partial charge in [0.05, 0.1) is 4.92 Å². The van der Waals surface area contributed by atoms with Crippen LogP contribution >= 0.6 is 0 Å². The fourth-order valence-electron chi connectivity index (χ4n) is 1.81. The predicted octanol–water partition coefficient (Wildman–Crippen LogP) is -0.102. The largest absolute Gasteiger partial charge is 0.384 e. The predicted molar refractivity (Wildman–Crippen MR) is 65.1 cm³/mol. The van der Waals surface area contributed by atoms with E-state index < -0.39 is 4.92 Å². The van der Waals surface area contributed by atoms with Crippen molar-refractivity contribution in [2.45, 2.75) is 6.42 Å². The third-order valence-corrected chi connectivity index (χ3v) is 2.68. The Morgan fingerprint density at radius 2 is 2.22 bits per heavy atom. The number of nitrogen functional groups attached to an aromatic ring is 1. The number of nitrogens with one attached hydrogen (secondary N) is 1. The first-order chi connectivity index (χ1) is 8.58. The normalized spacial score (nSPS) is 16.0. The zero-order valence-electron chi connectivity index (χ0n) is 9.63. The molecule has 1 aromatic rings. The summed E-state index contributed by atoms with van der Waals surface area (Å²) in [6.45, 7) is 1.30. The minimum Gasteiger partial charge on any atom is -0.384 e. The zero-order chi connectivity index (χ0) is 13.1. The first-order valence-electron chi connectivity index (χ1n) is 5.50. The van der Waals surface area contributed by atoms with E-state index in [9.17, 15) is 14.9 Å². The Labute approximate surface area is 103 Å². The van der Waals surface area contributed by atoms with E-state index in [-0.39, 0.29) is 29.7 Å². The van der Waals surface area contributed by atoms with Crippen molar-refractivity contribution in [3.05, 3.63) is 22.2 Å². The molecule has 3 N–H and O–H groups in total. The Kier molecular flexibility index (Phi) is 3.26. The van der Waals surface area contributed by atoms with Crippen LogP contribution in [-0.4, -0.2) is 35.4 Å². The lowest BCUT2D eigenvalue weighted by Gasteiger charge is -2.20. The summed E-state index contributed by atoms with van der Waals surface area (Å²) in [5.74, 6) is 0.375. The second kappa shape index (κ2) is 4.86. The van der Waals surface area contributed by atoms with Crippen LogP contribution in [0.1, 0.15) is 6.42 Å². The number of hydrogen-bond donors (Lipinski definition) is 2. The fourth-order valence-corrected chi connectivity index (χ4v) is 1.81. The first kappa shape index (κ1) is 12.1. The lowest BCUT2D eigenvalue weighted by molar-refractivity contribution is -0.384. The van der Waals surface area contributed by atoms with E-state index in [0.29, 0.717) is 19.6 Å². The highest BCUT2D eigenvalue weighted by molar-refractivity contribution is 5.77. The number of rotatable bonds is 2. The van der Waals surface area contributed by atoms with Crippen LogP contribution in [0, 0.1) is 10.1 Å². The number of amides is 1. The zero-order valence-corrected chi connectivity index (χ0v) is 9.63. The molecule has 0 saturated carbocycles. The molecular weight excluding hydrogens is 238 g/mol. The van der Waals surface area contributed by atoms with Gasteiger partial charge in [-0.05, 0) is 6.07 Å². The summed E-state index contributed by atoms with van der Waals surface area (Å²) in [6, 6.07) is 2.72. The first-order valence-corrected chi connectivity index (χ1v) is 5.50. The van der Waals surface area contributed by atoms with Crippen LogP contribution in [0.5, 0.6) is 0 Å². The molecular formula is C10H13N5O3. The van der Waals surface area contributed by atoms with Gasteiger partial charge in [0.25, 0.3) is 0 Å². The average molecular weight is 251 g/mol. The molecule has 0 unspecified atom stereocenters. The lowest BCUT2D eigenvalue weighted by atomic mass is 10.3. The third kappa shape index (κ3) is 2.47. The van der Waals surface area contributed by atoms with E-state index in [1.807, 2.05) is 0 Å². The van der Waals surface area contributed by atoms with Gasteiger partial charge in [0.2, 0.25) is 11.7 Å². The van der Waals surface area contributed by atoms with Crippen LogP contribution < -0.4 is 16.0 Å². The van der Waals surface area contributed by atoms with Crippen molar-refractivity contribution in [3.8, 4) is 0 Å². The molecule has 1 fully saturated rings. The number of aromatic nitrogens is 1. The Bertz CT molecular complexity index is 490. The molecule has 0 radical (unpaired) electrons. The highest BCUT2D eigenvalue weighted by atomic mass is 16.6. The van der Waals surface area contributed by atoms with Gasteiger partial charge in [0.15, 0.2) is 0 Å². The number of carbonyl (C=O) groups excluding carboxylic acids is 1. The molecule has 1 aromatic heterocycles. The minimum absolute atomic E-state index is 0.0657. The summed E-state index contributed by atoms with van der Waals surface area (Å²) in [7, 11) is 0. The fraction of sp³-hybridized carbons (Fsp3) is 0.400. The van der Waals surface area contributed by atoms with E-state index in [1.54, 1.807) is 4.90 Å². The quantitative estimate of drug-likeness (QED) is 0.560. The maximum Gasteiger partial charge on any atom is 0.311 e. The van der Waals surface area contributed by atoms with Crippen molar-refractivity contribution < 1.29 is 9.72 Å². The van der Waals surface area contributed by atoms with Crippen molar-refractivity contribution in [1.82, 2.24) is 10.3 Å². The summed E-state index contributed by atoms with van der Waals surface area (Å²) < 4.78 is 0. The number of pyridine rings is 1. The van der Waals surface area contributed by atoms with Gasteiger partial charge in [-0.1, -0.05) is 0 Å². The summed E-state index contributed by atoms with van der Waals surface area (Å²) in [5, 5.41) is 13.6. The molecule has 0 aliphatic carbocycles. The number of nitro groups is 1. The molecule has 0 atom stereocenters. The van der Waals surface area contributed by atoms with Crippen LogP contribution in [0.25, 0.3) is 0 Å². The Morgan fingerprint density at radius 1 is 1.44 bits per heavy atom. The van der Waals surface area contributed by atoms with Gasteiger partial charge in [-0.25, -0.2) is 4.98 Å². The molecule has 8 nitrogen and oxygen atoms in total. The van der Waals surface area contributed by atoms with E-state index in [2.05, 4.69) is 10.3 Å². The van der Waals surface area contributed by atoms with E-state index in [0.717, 1.165) is 0 Å². The van der Waals surface area contributed by atoms with Crippen LogP contribution in [-0.2, 0) is 4.79 Å². The topological polar surface area (TPSA) is 114 Å². The number of hydrogen-bond acceptors (Lipinski definition) is 6. The molecule has 1 aliphatic rings. The van der Waals surface area contributed by atoms with Crippen molar-refractivity contribution in [2.24, 2.45) is 0 Å². The van der Waals surface area contributed by atoms with E-state index in [4.69, 9.17) is 5.73 Å². The third-order valence-electron chi connectivity index (χ3n) is 2.68. The van der Waals surface area contributed by atoms with E-state index >= 15 is 0 Å². The highest BCUT2D eigenvalue weighted by Crippen LogP contribution is 2.27. The molecule has 0 bridgehead atoms. The van der Waals surface area contributed by atoms with Crippen LogP contribution in [0.3, 0.4) is 0 Å². The molecule has 2 heterocycles. The maximum absolute atomic E-state index is 11.2. The summed E-state index contributed by atoms with van der Waals surface area (Å²) in [4.78, 5) is 27.4. The Balaban J connectivity index is 2.33. The number of nitrogens with zero attached hydrogens (tertiary/aromatic N) is 3. The van der Waals surface area contributed by atoms with Gasteiger partial charge < -0.3 is 16.0 Å². The van der Waals surface area contributed by atoms with Crippen LogP contribution in [0.2, 0.25) is 0 Å². The maximum atomic E-state index is 11.2. The standard InChI is InChI=1S/C10H13N5O3/c11-8-2-1-7(15(17)18)10(13-8)14-5-3-9(16)12-4-6-14/h1-2H,3-6H2,(H2,11,13)(H,12,16). The van der Waals surface area contributed by atoms with Gasteiger partial charge in [0, 0.05) is 32.1 Å². The minimum atomic E-state index is -0.498. The molecule has 0 aromatic carbocycles. The summed E-state index contributed by atoms with van der Waals surface area (Å²) >= 11 is 0. The molecule has 96 valence electrons. The Morgan fingerprint density at radius 3 is 2.94 bits per heavy atom. The lowest BCUT2D eigenvalue weighted by Crippen LogP contribution is -2.29. The van der Waals surface area contributed by atoms with Crippen molar-refractivity contribution >= 4 is 23.2 Å². The summed E-state index contributed by atoms with van der Waals surface area (Å²) in [5.41, 5.74) is 5.46. The van der Waals surface area contributed by atoms with Gasteiger partial charge in [0.1, 0.15) is 5.82 Å². The molecule has 8 heteroatoms. The van der Waals surface area contributed by atoms with Gasteiger partial charge in [-0.2, -0.15) is 0 Å². The molecule has 1 amide bonds. The summed E-state index contributed by atoms with van der Waals surface area (Å²) in [6.07, 6.45) is 0.285. The van der Waals surface area contributed by atoms with Crippen molar-refractivity contribution in [1.29, 1.82) is 0 Å². The molecule has 2 rings (SSSR count). The SMILES string of the molecule is Nc1ccc([N+](=O)[O-])c(N2CCNC(=O)CC2)n1. The second-order valence-electron chi connectivity index (χ2n) is 3.92. The number of carbonyl (C=O) groups is 1. The molecule has 18 heavy (non-hydrogen) atoms. The van der Waals surface area contributed by atoms with Gasteiger partial charge >= 0.3 is 5.69 Å². The number of anilines is 2. The van der Waals surface area contributed by atoms with Gasteiger partial charge in [-0.15, -0.1) is 0 Å². The second-order valence-corrected chi connectivity index (χ2v) is 3.92. The molecule has 1 aliphatic heterocycles. The monoisotopic (exact) mass is 251 g/mol. The van der Waals surface area contributed by atoms with Crippen molar-refractivity contribution in [3.63, 3.8) is 0 Å². The number of nitrogens with two attached hydrogens (primary N) is 1. The van der Waals surface area contributed by atoms with Crippen molar-refractivity contribution in [2.75, 3.05) is 30.3 Å². The smallest absolute Gasteiger partial charge is 0.311 e. The highest BCUT2D eigenvalue weighted by Gasteiger charge is 2.23. The Hall–Kier alpha value is -2.38. The van der Waals surface area contributed by atoms with E-state index in [1.165, 1.54) is 12.1 Å². The van der Waals surface area contributed by atoms with Gasteiger partial charge in [-0.3, -0.25) is 14.9 Å².